The Bertz CT molecular complexity index is 144. The van der Waals surface area contributed by atoms with Gasteiger partial charge in [0.25, 0.3) is 0 Å². The molecule has 0 aliphatic carbocycles. The van der Waals surface area contributed by atoms with Gasteiger partial charge in [0.15, 0.2) is 0 Å². The molecule has 1 atom stereocenters. The van der Waals surface area contributed by atoms with E-state index in [9.17, 15) is 4.79 Å². The smallest absolute Gasteiger partial charge is 0.330 e. The minimum Gasteiger partial charge on any atom is -0.460 e. The molecule has 0 saturated heterocycles. The molecular formula is C9H18O5. The zero-order valence-corrected chi connectivity index (χ0v) is 8.60. The van der Waals surface area contributed by atoms with Crippen molar-refractivity contribution < 1.29 is 24.5 Å². The predicted octanol–water partition coefficient (Wildman–Crippen LogP) is -0.279. The first-order valence-electron chi connectivity index (χ1n) is 4.15. The molecule has 0 rings (SSSR count). The van der Waals surface area contributed by atoms with E-state index in [1.165, 1.54) is 6.92 Å². The van der Waals surface area contributed by atoms with Crippen molar-refractivity contribution in [2.45, 2.75) is 13.0 Å². The minimum absolute atomic E-state index is 0.139. The number of rotatable bonds is 5. The average Bonchev–Trinajstić information content (AvgIpc) is 2.19. The van der Waals surface area contributed by atoms with E-state index >= 15 is 0 Å². The van der Waals surface area contributed by atoms with Crippen LogP contribution in [0.4, 0.5) is 0 Å². The normalized spacial score (nSPS) is 10.9. The Hall–Kier alpha value is -0.910. The molecule has 0 aromatic heterocycles. The van der Waals surface area contributed by atoms with Gasteiger partial charge in [0.2, 0.25) is 0 Å². The number of esters is 1. The molecule has 0 spiro atoms. The van der Waals surface area contributed by atoms with Gasteiger partial charge in [0, 0.05) is 13.2 Å². The van der Waals surface area contributed by atoms with Crippen LogP contribution in [0.5, 0.6) is 0 Å². The van der Waals surface area contributed by atoms with Gasteiger partial charge in [0.05, 0.1) is 19.3 Å². The lowest BCUT2D eigenvalue weighted by Gasteiger charge is -1.98. The number of ether oxygens (including phenoxy) is 2. The maximum Gasteiger partial charge on any atom is 0.330 e. The van der Waals surface area contributed by atoms with Crippen molar-refractivity contribution in [3.8, 4) is 0 Å². The molecule has 2 N–H and O–H groups in total. The zero-order chi connectivity index (χ0) is 11.4. The molecule has 0 aromatic carbocycles. The first-order chi connectivity index (χ1) is 6.58. The number of aliphatic hydroxyl groups is 2. The Labute approximate surface area is 84.0 Å². The molecule has 84 valence electrons. The lowest BCUT2D eigenvalue weighted by molar-refractivity contribution is -0.138. The van der Waals surface area contributed by atoms with E-state index in [0.29, 0.717) is 13.2 Å². The highest BCUT2D eigenvalue weighted by Crippen LogP contribution is 1.78. The van der Waals surface area contributed by atoms with Crippen LogP contribution in [-0.4, -0.2) is 49.2 Å². The molecule has 0 aromatic rings. The average molecular weight is 206 g/mol. The Balaban J connectivity index is 0. The van der Waals surface area contributed by atoms with Crippen molar-refractivity contribution >= 4 is 5.97 Å². The molecule has 0 radical (unpaired) electrons. The van der Waals surface area contributed by atoms with Crippen molar-refractivity contribution in [2.24, 2.45) is 0 Å². The van der Waals surface area contributed by atoms with E-state index in [1.807, 2.05) is 0 Å². The van der Waals surface area contributed by atoms with Crippen molar-refractivity contribution in [3.63, 3.8) is 0 Å². The molecule has 1 unspecified atom stereocenters. The maximum absolute atomic E-state index is 10.3. The van der Waals surface area contributed by atoms with E-state index in [2.05, 4.69) is 16.1 Å². The first-order valence-corrected chi connectivity index (χ1v) is 4.15. The molecular weight excluding hydrogens is 188 g/mol. The van der Waals surface area contributed by atoms with Gasteiger partial charge >= 0.3 is 5.97 Å². The number of aliphatic hydroxyl groups excluding tert-OH is 2. The summed E-state index contributed by atoms with van der Waals surface area (Å²) in [6, 6.07) is 0. The summed E-state index contributed by atoms with van der Waals surface area (Å²) < 4.78 is 9.17. The molecule has 0 heterocycles. The van der Waals surface area contributed by atoms with Crippen LogP contribution in [0.15, 0.2) is 12.7 Å². The molecule has 0 fully saturated rings. The van der Waals surface area contributed by atoms with E-state index < -0.39 is 12.1 Å². The summed E-state index contributed by atoms with van der Waals surface area (Å²) in [6.07, 6.45) is 0.561. The van der Waals surface area contributed by atoms with Crippen LogP contribution in [0, 0.1) is 0 Å². The van der Waals surface area contributed by atoms with Crippen LogP contribution >= 0.6 is 0 Å². The van der Waals surface area contributed by atoms with Crippen molar-refractivity contribution in [3.05, 3.63) is 12.7 Å². The van der Waals surface area contributed by atoms with Crippen LogP contribution in [0.25, 0.3) is 0 Å². The first kappa shape index (κ1) is 15.6. The molecule has 5 nitrogen and oxygen atoms in total. The fraction of sp³-hybridized carbons (Fsp3) is 0.667. The zero-order valence-electron chi connectivity index (χ0n) is 8.60. The number of hydrogen-bond donors (Lipinski definition) is 2. The van der Waals surface area contributed by atoms with Gasteiger partial charge in [-0.1, -0.05) is 6.58 Å². The van der Waals surface area contributed by atoms with Gasteiger partial charge in [-0.25, -0.2) is 4.79 Å². The largest absolute Gasteiger partial charge is 0.460 e. The second-order valence-corrected chi connectivity index (χ2v) is 2.40. The fourth-order valence-electron chi connectivity index (χ4n) is 0.285. The van der Waals surface area contributed by atoms with E-state index in [1.54, 1.807) is 7.11 Å². The van der Waals surface area contributed by atoms with Crippen LogP contribution in [0.2, 0.25) is 0 Å². The summed E-state index contributed by atoms with van der Waals surface area (Å²) in [5, 5.41) is 16.0. The Morgan fingerprint density at radius 2 is 2.07 bits per heavy atom. The number of hydrogen-bond acceptors (Lipinski definition) is 5. The van der Waals surface area contributed by atoms with E-state index in [0.717, 1.165) is 6.08 Å². The fourth-order valence-corrected chi connectivity index (χ4v) is 0.285. The second kappa shape index (κ2) is 12.1. The highest BCUT2D eigenvalue weighted by molar-refractivity contribution is 5.81. The summed E-state index contributed by atoms with van der Waals surface area (Å²) in [7, 11) is 1.54. The van der Waals surface area contributed by atoms with Gasteiger partial charge in [-0.05, 0) is 6.92 Å². The summed E-state index contributed by atoms with van der Waals surface area (Å²) in [4.78, 5) is 10.3. The van der Waals surface area contributed by atoms with E-state index in [-0.39, 0.29) is 6.61 Å². The summed E-state index contributed by atoms with van der Waals surface area (Å²) >= 11 is 0. The van der Waals surface area contributed by atoms with Crippen LogP contribution < -0.4 is 0 Å². The molecule has 5 heteroatoms. The minimum atomic E-state index is -0.560. The molecule has 14 heavy (non-hydrogen) atoms. The topological polar surface area (TPSA) is 76.0 Å². The summed E-state index contributed by atoms with van der Waals surface area (Å²) in [5.74, 6) is -0.410. The third-order valence-electron chi connectivity index (χ3n) is 0.963. The number of methoxy groups -OCH3 is 1. The highest BCUT2D eigenvalue weighted by atomic mass is 16.6. The number of carbonyl (C=O) groups excluding carboxylic acids is 1. The third kappa shape index (κ3) is 17.3. The predicted molar refractivity (Wildman–Crippen MR) is 51.8 cm³/mol. The highest BCUT2D eigenvalue weighted by Gasteiger charge is 1.91. The molecule has 0 amide bonds. The van der Waals surface area contributed by atoms with Gasteiger partial charge in [-0.2, -0.15) is 0 Å². The standard InChI is InChI=1S/C6H10O3.C3H8O2/c1-3-6(7)9-5-4-8-2;1-3(5)2-4/h3H,1,4-5H2,2H3;3-5H,2H2,1H3. The van der Waals surface area contributed by atoms with Gasteiger partial charge in [-0.15, -0.1) is 0 Å². The van der Waals surface area contributed by atoms with Gasteiger partial charge in [-0.3, -0.25) is 0 Å². The number of carbonyl (C=O) groups is 1. The molecule has 0 aliphatic rings. The van der Waals surface area contributed by atoms with Crippen molar-refractivity contribution in [1.29, 1.82) is 0 Å². The van der Waals surface area contributed by atoms with E-state index in [4.69, 9.17) is 10.2 Å². The second-order valence-electron chi connectivity index (χ2n) is 2.40. The Morgan fingerprint density at radius 3 is 2.36 bits per heavy atom. The SMILES string of the molecule is C=CC(=O)OCCOC.CC(O)CO. The van der Waals surface area contributed by atoms with Gasteiger partial charge < -0.3 is 19.7 Å². The monoisotopic (exact) mass is 206 g/mol. The lowest BCUT2D eigenvalue weighted by atomic mass is 10.5. The third-order valence-corrected chi connectivity index (χ3v) is 0.963. The summed E-state index contributed by atoms with van der Waals surface area (Å²) in [5.41, 5.74) is 0. The quantitative estimate of drug-likeness (QED) is 0.367. The van der Waals surface area contributed by atoms with Crippen molar-refractivity contribution in [2.75, 3.05) is 26.9 Å². The maximum atomic E-state index is 10.3. The van der Waals surface area contributed by atoms with Crippen LogP contribution in [-0.2, 0) is 14.3 Å². The van der Waals surface area contributed by atoms with Crippen LogP contribution in [0.3, 0.4) is 0 Å². The Kier molecular flexibility index (Phi) is 13.4. The van der Waals surface area contributed by atoms with Gasteiger partial charge in [0.1, 0.15) is 6.61 Å². The molecule has 0 bridgehead atoms. The molecule has 0 aliphatic heterocycles. The lowest BCUT2D eigenvalue weighted by Crippen LogP contribution is -2.06. The summed E-state index contributed by atoms with van der Waals surface area (Å²) in [6.45, 7) is 5.34. The van der Waals surface area contributed by atoms with Crippen molar-refractivity contribution in [1.82, 2.24) is 0 Å². The molecule has 0 saturated carbocycles. The Morgan fingerprint density at radius 1 is 1.57 bits per heavy atom. The van der Waals surface area contributed by atoms with Crippen LogP contribution in [0.1, 0.15) is 6.92 Å².